The van der Waals surface area contributed by atoms with E-state index in [-0.39, 0.29) is 54.4 Å². The fraction of sp³-hybridized carbons (Fsp3) is 0.296. The average Bonchev–Trinajstić information content (AvgIpc) is 3.51. The van der Waals surface area contributed by atoms with E-state index in [2.05, 4.69) is 5.32 Å². The first-order valence-electron chi connectivity index (χ1n) is 11.6. The second-order valence-corrected chi connectivity index (χ2v) is 9.03. The molecule has 1 fully saturated rings. The molecule has 9 heteroatoms. The third-order valence-electron chi connectivity index (χ3n) is 7.21. The molecule has 1 unspecified atom stereocenters. The summed E-state index contributed by atoms with van der Waals surface area (Å²) in [5, 5.41) is 14.0. The maximum absolute atomic E-state index is 13.6. The maximum atomic E-state index is 13.6. The number of aromatic hydroxyl groups is 1. The summed E-state index contributed by atoms with van der Waals surface area (Å²) >= 11 is 0. The highest BCUT2D eigenvalue weighted by Crippen LogP contribution is 2.56. The number of nitrogens with one attached hydrogen (secondary N) is 1. The van der Waals surface area contributed by atoms with Gasteiger partial charge in [-0.15, -0.1) is 0 Å². The van der Waals surface area contributed by atoms with Gasteiger partial charge in [-0.25, -0.2) is 4.39 Å². The van der Waals surface area contributed by atoms with Crippen LogP contribution in [0.4, 0.5) is 10.1 Å². The number of hydrogen-bond donors (Lipinski definition) is 2. The first kappa shape index (κ1) is 22.3. The SMILES string of the molecule is COc1cc([C@H]2c3cc4c(cc3[C@@H](Nc3ccc(F)cc3)C3COC(=O)[C@@H]32)OCO4)cc(OC)c1O. The zero-order chi connectivity index (χ0) is 25.0. The van der Waals surface area contributed by atoms with Gasteiger partial charge >= 0.3 is 5.97 Å². The van der Waals surface area contributed by atoms with Crippen molar-refractivity contribution in [2.45, 2.75) is 12.0 Å². The van der Waals surface area contributed by atoms with Crippen LogP contribution in [0.2, 0.25) is 0 Å². The van der Waals surface area contributed by atoms with Gasteiger partial charge in [0.2, 0.25) is 12.5 Å². The van der Waals surface area contributed by atoms with Crippen molar-refractivity contribution in [3.63, 3.8) is 0 Å². The number of carbonyl (C=O) groups is 1. The fourth-order valence-electron chi connectivity index (χ4n) is 5.57. The lowest BCUT2D eigenvalue weighted by Gasteiger charge is -2.40. The number of cyclic esters (lactones) is 1. The molecule has 0 amide bonds. The third kappa shape index (κ3) is 3.45. The standard InChI is InChI=1S/C27H24FNO7/c1-32-21-7-13(8-22(33-2)26(21)30)23-16-9-19-20(36-12-35-19)10-17(16)25(18-11-34-27(31)24(18)23)29-15-5-3-14(28)4-6-15/h3-10,18,23-25,29-30H,11-12H2,1-2H3/t18?,23-,24-,25+/m0/s1. The Labute approximate surface area is 206 Å². The molecule has 3 aromatic carbocycles. The molecule has 2 N–H and O–H groups in total. The summed E-state index contributed by atoms with van der Waals surface area (Å²) in [6, 6.07) is 13.0. The number of ether oxygens (including phenoxy) is 5. The van der Waals surface area contributed by atoms with Crippen molar-refractivity contribution < 1.29 is 38.0 Å². The third-order valence-corrected chi connectivity index (χ3v) is 7.21. The smallest absolute Gasteiger partial charge is 0.310 e. The Kier molecular flexibility index (Phi) is 5.28. The normalized spacial score (nSPS) is 23.5. The molecule has 0 radical (unpaired) electrons. The number of benzene rings is 3. The Hall–Kier alpha value is -4.14. The van der Waals surface area contributed by atoms with Crippen LogP contribution < -0.4 is 24.3 Å². The molecule has 4 atom stereocenters. The van der Waals surface area contributed by atoms with E-state index in [1.54, 1.807) is 24.3 Å². The first-order valence-corrected chi connectivity index (χ1v) is 11.6. The van der Waals surface area contributed by atoms with Gasteiger partial charge in [0.1, 0.15) is 5.82 Å². The van der Waals surface area contributed by atoms with Crippen LogP contribution >= 0.6 is 0 Å². The van der Waals surface area contributed by atoms with Gasteiger partial charge in [0, 0.05) is 17.5 Å². The highest BCUT2D eigenvalue weighted by molar-refractivity contribution is 5.79. The summed E-state index contributed by atoms with van der Waals surface area (Å²) in [6.07, 6.45) is 0. The first-order chi connectivity index (χ1) is 17.5. The van der Waals surface area contributed by atoms with Crippen LogP contribution in [0.3, 0.4) is 0 Å². The number of carbonyl (C=O) groups excluding carboxylic acids is 1. The molecule has 2 heterocycles. The molecule has 3 aromatic rings. The summed E-state index contributed by atoms with van der Waals surface area (Å²) in [6.45, 7) is 0.327. The zero-order valence-corrected chi connectivity index (χ0v) is 19.6. The number of hydrogen-bond acceptors (Lipinski definition) is 8. The molecular weight excluding hydrogens is 469 g/mol. The molecule has 0 aromatic heterocycles. The molecule has 3 aliphatic rings. The van der Waals surface area contributed by atoms with Crippen LogP contribution in [0.15, 0.2) is 48.5 Å². The largest absolute Gasteiger partial charge is 0.502 e. The van der Waals surface area contributed by atoms with E-state index in [1.807, 2.05) is 12.1 Å². The number of anilines is 1. The summed E-state index contributed by atoms with van der Waals surface area (Å²) < 4.78 is 41.3. The Morgan fingerprint density at radius 1 is 0.944 bits per heavy atom. The van der Waals surface area contributed by atoms with Gasteiger partial charge in [-0.2, -0.15) is 0 Å². The van der Waals surface area contributed by atoms with Crippen LogP contribution in [0.1, 0.15) is 28.7 Å². The van der Waals surface area contributed by atoms with Crippen LogP contribution in [0.25, 0.3) is 0 Å². The van der Waals surface area contributed by atoms with Crippen molar-refractivity contribution in [1.29, 1.82) is 0 Å². The highest BCUT2D eigenvalue weighted by Gasteiger charge is 2.52. The summed E-state index contributed by atoms with van der Waals surface area (Å²) in [4.78, 5) is 13.2. The van der Waals surface area contributed by atoms with Gasteiger partial charge < -0.3 is 34.1 Å². The van der Waals surface area contributed by atoms with Crippen LogP contribution in [-0.4, -0.2) is 38.7 Å². The minimum absolute atomic E-state index is 0.106. The van der Waals surface area contributed by atoms with Crippen molar-refractivity contribution in [2.75, 3.05) is 32.9 Å². The molecule has 1 aliphatic carbocycles. The van der Waals surface area contributed by atoms with Crippen molar-refractivity contribution >= 4 is 11.7 Å². The molecule has 1 saturated heterocycles. The Morgan fingerprint density at radius 2 is 1.58 bits per heavy atom. The van der Waals surface area contributed by atoms with E-state index in [9.17, 15) is 14.3 Å². The molecule has 36 heavy (non-hydrogen) atoms. The van der Waals surface area contributed by atoms with E-state index in [0.29, 0.717) is 11.5 Å². The topological polar surface area (TPSA) is 95.5 Å². The highest BCUT2D eigenvalue weighted by atomic mass is 19.1. The summed E-state index contributed by atoms with van der Waals surface area (Å²) in [7, 11) is 2.92. The number of phenolic OH excluding ortho intramolecular Hbond substituents is 1. The number of rotatable bonds is 5. The van der Waals surface area contributed by atoms with Crippen molar-refractivity contribution in [3.05, 3.63) is 71.0 Å². The average molecular weight is 493 g/mol. The summed E-state index contributed by atoms with van der Waals surface area (Å²) in [5.74, 6) is -0.283. The minimum atomic E-state index is -0.533. The lowest BCUT2D eigenvalue weighted by molar-refractivity contribution is -0.141. The number of halogens is 1. The maximum Gasteiger partial charge on any atom is 0.310 e. The number of esters is 1. The van der Waals surface area contributed by atoms with Crippen molar-refractivity contribution in [3.8, 4) is 28.7 Å². The van der Waals surface area contributed by atoms with Crippen LogP contribution in [0, 0.1) is 17.7 Å². The van der Waals surface area contributed by atoms with Crippen LogP contribution in [0.5, 0.6) is 28.7 Å². The van der Waals surface area contributed by atoms with Crippen molar-refractivity contribution in [2.24, 2.45) is 11.8 Å². The fourth-order valence-corrected chi connectivity index (χ4v) is 5.57. The second-order valence-electron chi connectivity index (χ2n) is 9.03. The molecule has 186 valence electrons. The molecule has 2 aliphatic heterocycles. The monoisotopic (exact) mass is 493 g/mol. The molecule has 0 spiro atoms. The Balaban J connectivity index is 1.55. The van der Waals surface area contributed by atoms with E-state index in [4.69, 9.17) is 23.7 Å². The van der Waals surface area contributed by atoms with Crippen LogP contribution in [-0.2, 0) is 9.53 Å². The van der Waals surface area contributed by atoms with Gasteiger partial charge in [-0.1, -0.05) is 0 Å². The summed E-state index contributed by atoms with van der Waals surface area (Å²) in [5.41, 5.74) is 3.22. The molecule has 0 saturated carbocycles. The van der Waals surface area contributed by atoms with E-state index in [0.717, 1.165) is 22.4 Å². The lowest BCUT2D eigenvalue weighted by atomic mass is 9.65. The number of fused-ring (bicyclic) bond motifs is 3. The van der Waals surface area contributed by atoms with Gasteiger partial charge in [-0.05, 0) is 65.2 Å². The second kappa shape index (κ2) is 8.51. The molecule has 8 nitrogen and oxygen atoms in total. The zero-order valence-electron chi connectivity index (χ0n) is 19.6. The number of methoxy groups -OCH3 is 2. The predicted octanol–water partition coefficient (Wildman–Crippen LogP) is 4.37. The molecule has 0 bridgehead atoms. The Bertz CT molecular complexity index is 1320. The quantitative estimate of drug-likeness (QED) is 0.506. The minimum Gasteiger partial charge on any atom is -0.502 e. The van der Waals surface area contributed by atoms with Gasteiger partial charge in [0.15, 0.2) is 23.0 Å². The van der Waals surface area contributed by atoms with Gasteiger partial charge in [0.05, 0.1) is 32.8 Å². The predicted molar refractivity (Wildman–Crippen MR) is 126 cm³/mol. The van der Waals surface area contributed by atoms with E-state index >= 15 is 0 Å². The molecule has 6 rings (SSSR count). The number of phenols is 1. The van der Waals surface area contributed by atoms with Gasteiger partial charge in [-0.3, -0.25) is 4.79 Å². The Morgan fingerprint density at radius 3 is 2.22 bits per heavy atom. The van der Waals surface area contributed by atoms with E-state index < -0.39 is 11.8 Å². The van der Waals surface area contributed by atoms with Crippen molar-refractivity contribution in [1.82, 2.24) is 0 Å². The molecular formula is C27H24FNO7. The van der Waals surface area contributed by atoms with Gasteiger partial charge in [0.25, 0.3) is 0 Å². The lowest BCUT2D eigenvalue weighted by Crippen LogP contribution is -2.37. The van der Waals surface area contributed by atoms with E-state index in [1.165, 1.54) is 26.4 Å².